The minimum absolute atomic E-state index is 0.0579. The van der Waals surface area contributed by atoms with E-state index >= 15 is 0 Å². The van der Waals surface area contributed by atoms with Gasteiger partial charge in [0.05, 0.1) is 10.0 Å². The van der Waals surface area contributed by atoms with Crippen molar-refractivity contribution in [2.24, 2.45) is 11.8 Å². The smallest absolute Gasteiger partial charge is 0.226 e. The van der Waals surface area contributed by atoms with Crippen molar-refractivity contribution in [2.75, 3.05) is 37.7 Å². The number of aliphatic hydroxyl groups excluding tert-OH is 1. The molecule has 0 spiro atoms. The van der Waals surface area contributed by atoms with Crippen LogP contribution in [0.4, 0.5) is 5.69 Å². The summed E-state index contributed by atoms with van der Waals surface area (Å²) >= 11 is 12.1. The van der Waals surface area contributed by atoms with Gasteiger partial charge in [-0.15, -0.1) is 0 Å². The third-order valence-corrected chi connectivity index (χ3v) is 6.69. The second-order valence-electron chi connectivity index (χ2n) is 7.89. The van der Waals surface area contributed by atoms with E-state index in [1.807, 2.05) is 17.0 Å². The fourth-order valence-electron chi connectivity index (χ4n) is 4.38. The lowest BCUT2D eigenvalue weighted by Crippen LogP contribution is -2.50. The van der Waals surface area contributed by atoms with Gasteiger partial charge in [-0.25, -0.2) is 0 Å². The summed E-state index contributed by atoms with van der Waals surface area (Å²) in [5.41, 5.74) is 1.000. The molecule has 1 saturated heterocycles. The second-order valence-corrected chi connectivity index (χ2v) is 8.71. The molecule has 3 rings (SSSR count). The van der Waals surface area contributed by atoms with Crippen LogP contribution in [0.2, 0.25) is 10.0 Å². The molecule has 1 heterocycles. The molecule has 0 bridgehead atoms. The Morgan fingerprint density at radius 3 is 2.36 bits per heavy atom. The van der Waals surface area contributed by atoms with Gasteiger partial charge in [-0.05, 0) is 30.5 Å². The van der Waals surface area contributed by atoms with E-state index in [-0.39, 0.29) is 24.0 Å². The predicted octanol–water partition coefficient (Wildman–Crippen LogP) is 3.79. The number of ketones is 1. The fraction of sp³-hybridized carbons (Fsp3) is 0.619. The maximum Gasteiger partial charge on any atom is 0.226 e. The zero-order valence-electron chi connectivity index (χ0n) is 16.1. The number of hydrogen-bond acceptors (Lipinski definition) is 4. The number of carbonyl (C=O) groups is 2. The molecular weight excluding hydrogens is 399 g/mol. The molecule has 28 heavy (non-hydrogen) atoms. The number of benzene rings is 1. The number of halogens is 2. The molecule has 0 radical (unpaired) electrons. The lowest BCUT2D eigenvalue weighted by Gasteiger charge is -2.38. The highest BCUT2D eigenvalue weighted by Crippen LogP contribution is 2.33. The van der Waals surface area contributed by atoms with Gasteiger partial charge in [-0.1, -0.05) is 48.9 Å². The summed E-state index contributed by atoms with van der Waals surface area (Å²) in [7, 11) is 0. The molecule has 1 saturated carbocycles. The lowest BCUT2D eigenvalue weighted by molar-refractivity contribution is -0.139. The molecule has 0 aromatic heterocycles. The van der Waals surface area contributed by atoms with E-state index in [9.17, 15) is 9.59 Å². The Kier molecular flexibility index (Phi) is 7.61. The van der Waals surface area contributed by atoms with Gasteiger partial charge in [-0.3, -0.25) is 9.59 Å². The number of nitrogens with zero attached hydrogens (tertiary/aromatic N) is 2. The number of Topliss-reactive ketones (excluding diaryl/α,β-unsaturated/α-hetero) is 1. The highest BCUT2D eigenvalue weighted by Gasteiger charge is 2.31. The van der Waals surface area contributed by atoms with Gasteiger partial charge in [0.25, 0.3) is 0 Å². The van der Waals surface area contributed by atoms with Crippen molar-refractivity contribution in [3.63, 3.8) is 0 Å². The van der Waals surface area contributed by atoms with Crippen LogP contribution in [0.15, 0.2) is 18.2 Å². The van der Waals surface area contributed by atoms with E-state index in [1.54, 1.807) is 6.07 Å². The van der Waals surface area contributed by atoms with Crippen LogP contribution in [0.5, 0.6) is 0 Å². The van der Waals surface area contributed by atoms with Crippen LogP contribution in [0.1, 0.15) is 38.5 Å². The SMILES string of the molecule is O=C(CO)C[C@@H](CC1CCCC1)C(=O)N1CCN(c2ccc(Cl)c(Cl)c2)CC1. The molecule has 1 aliphatic carbocycles. The number of hydrogen-bond donors (Lipinski definition) is 1. The maximum absolute atomic E-state index is 13.1. The van der Waals surface area contributed by atoms with E-state index in [1.165, 1.54) is 12.8 Å². The third kappa shape index (κ3) is 5.40. The summed E-state index contributed by atoms with van der Waals surface area (Å²) in [5.74, 6) is 0.0329. The summed E-state index contributed by atoms with van der Waals surface area (Å²) in [6, 6.07) is 5.58. The first-order valence-electron chi connectivity index (χ1n) is 10.1. The highest BCUT2D eigenvalue weighted by atomic mass is 35.5. The van der Waals surface area contributed by atoms with Crippen LogP contribution < -0.4 is 4.90 Å². The van der Waals surface area contributed by atoms with Crippen LogP contribution in [0, 0.1) is 11.8 Å². The van der Waals surface area contributed by atoms with Crippen LogP contribution in [-0.4, -0.2) is 54.5 Å². The highest BCUT2D eigenvalue weighted by molar-refractivity contribution is 6.42. The quantitative estimate of drug-likeness (QED) is 0.720. The van der Waals surface area contributed by atoms with Crippen LogP contribution in [-0.2, 0) is 9.59 Å². The number of anilines is 1. The first-order chi connectivity index (χ1) is 13.5. The Balaban J connectivity index is 1.60. The third-order valence-electron chi connectivity index (χ3n) is 5.95. The average molecular weight is 427 g/mol. The predicted molar refractivity (Wildman–Crippen MR) is 112 cm³/mol. The summed E-state index contributed by atoms with van der Waals surface area (Å²) in [6.45, 7) is 2.18. The Labute approximate surface area is 176 Å². The topological polar surface area (TPSA) is 60.9 Å². The van der Waals surface area contributed by atoms with Crippen molar-refractivity contribution in [1.82, 2.24) is 4.90 Å². The van der Waals surface area contributed by atoms with Crippen LogP contribution in [0.3, 0.4) is 0 Å². The molecule has 1 aromatic carbocycles. The van der Waals surface area contributed by atoms with E-state index in [2.05, 4.69) is 4.90 Å². The number of amides is 1. The van der Waals surface area contributed by atoms with E-state index in [4.69, 9.17) is 28.3 Å². The van der Waals surface area contributed by atoms with Crippen LogP contribution in [0.25, 0.3) is 0 Å². The summed E-state index contributed by atoms with van der Waals surface area (Å²) in [4.78, 5) is 29.0. The molecule has 1 N–H and O–H groups in total. The average Bonchev–Trinajstić information content (AvgIpc) is 3.22. The van der Waals surface area contributed by atoms with Gasteiger partial charge in [-0.2, -0.15) is 0 Å². The zero-order valence-corrected chi connectivity index (χ0v) is 17.6. The first-order valence-corrected chi connectivity index (χ1v) is 10.8. The number of aliphatic hydroxyl groups is 1. The molecule has 154 valence electrons. The monoisotopic (exact) mass is 426 g/mol. The number of rotatable bonds is 7. The number of piperazine rings is 1. The summed E-state index contributed by atoms with van der Waals surface area (Å²) < 4.78 is 0. The van der Waals surface area contributed by atoms with Crippen molar-refractivity contribution in [3.05, 3.63) is 28.2 Å². The molecule has 1 aromatic rings. The molecule has 1 amide bonds. The molecular formula is C21H28Cl2N2O3. The van der Waals surface area contributed by atoms with Gasteiger partial charge in [0.15, 0.2) is 5.78 Å². The Hall–Kier alpha value is -1.30. The summed E-state index contributed by atoms with van der Waals surface area (Å²) in [6.07, 6.45) is 5.62. The van der Waals surface area contributed by atoms with Crippen LogP contribution >= 0.6 is 23.2 Å². The van der Waals surface area contributed by atoms with E-state index in [0.717, 1.165) is 24.9 Å². The molecule has 7 heteroatoms. The van der Waals surface area contributed by atoms with E-state index < -0.39 is 6.61 Å². The molecule has 2 aliphatic rings. The summed E-state index contributed by atoms with van der Waals surface area (Å²) in [5, 5.41) is 10.2. The largest absolute Gasteiger partial charge is 0.389 e. The number of carbonyl (C=O) groups excluding carboxylic acids is 2. The van der Waals surface area contributed by atoms with Crippen molar-refractivity contribution in [1.29, 1.82) is 0 Å². The minimum Gasteiger partial charge on any atom is -0.389 e. The lowest BCUT2D eigenvalue weighted by atomic mass is 9.88. The Bertz CT molecular complexity index is 699. The molecule has 0 unspecified atom stereocenters. The minimum atomic E-state index is -0.487. The molecule has 1 aliphatic heterocycles. The van der Waals surface area contributed by atoms with Crippen molar-refractivity contribution in [2.45, 2.75) is 38.5 Å². The van der Waals surface area contributed by atoms with E-state index in [0.29, 0.717) is 42.1 Å². The molecule has 1 atom stereocenters. The van der Waals surface area contributed by atoms with Gasteiger partial charge in [0.1, 0.15) is 6.61 Å². The Morgan fingerprint density at radius 1 is 1.07 bits per heavy atom. The fourth-order valence-corrected chi connectivity index (χ4v) is 4.68. The molecule has 5 nitrogen and oxygen atoms in total. The molecule has 2 fully saturated rings. The van der Waals surface area contributed by atoms with Gasteiger partial charge < -0.3 is 14.9 Å². The standard InChI is InChI=1S/C21H28Cl2N2O3/c22-19-6-5-17(13-20(19)23)24-7-9-25(10-8-24)21(28)16(12-18(27)14-26)11-15-3-1-2-4-15/h5-6,13,15-16,26H,1-4,7-12,14H2/t16-/m1/s1. The van der Waals surface area contributed by atoms with Crippen molar-refractivity contribution in [3.8, 4) is 0 Å². The van der Waals surface area contributed by atoms with Gasteiger partial charge in [0.2, 0.25) is 5.91 Å². The second kappa shape index (κ2) is 9.95. The maximum atomic E-state index is 13.1. The van der Waals surface area contributed by atoms with Crippen molar-refractivity contribution < 1.29 is 14.7 Å². The van der Waals surface area contributed by atoms with Gasteiger partial charge >= 0.3 is 0 Å². The van der Waals surface area contributed by atoms with Crippen molar-refractivity contribution >= 4 is 40.6 Å². The first kappa shape index (κ1) is 21.4. The normalized spacial score (nSPS) is 19.1. The Morgan fingerprint density at radius 2 is 1.75 bits per heavy atom. The zero-order chi connectivity index (χ0) is 20.1. The van der Waals surface area contributed by atoms with Gasteiger partial charge in [0, 0.05) is 44.2 Å².